The van der Waals surface area contributed by atoms with E-state index < -0.39 is 0 Å². The first-order valence-electron chi connectivity index (χ1n) is 9.65. The van der Waals surface area contributed by atoms with Crippen molar-refractivity contribution in [3.8, 4) is 11.3 Å². The highest BCUT2D eigenvalue weighted by atomic mass is 16.3. The molecule has 148 valence electrons. The van der Waals surface area contributed by atoms with Gasteiger partial charge in [-0.25, -0.2) is 19.7 Å². The molecule has 0 spiro atoms. The molecule has 0 bridgehead atoms. The SMILES string of the molecule is Cn1c(=O)n([C@H]2CC[C@H](O)CC2)c2c3nc(-c4cnc(N)nc4)ccc3ncc21. The van der Waals surface area contributed by atoms with Crippen LogP contribution in [0.2, 0.25) is 0 Å². The van der Waals surface area contributed by atoms with Gasteiger partial charge >= 0.3 is 5.69 Å². The lowest BCUT2D eigenvalue weighted by Crippen LogP contribution is -2.29. The summed E-state index contributed by atoms with van der Waals surface area (Å²) in [6, 6.07) is 3.78. The molecule has 0 radical (unpaired) electrons. The number of fused-ring (bicyclic) bond motifs is 3. The third-order valence-electron chi connectivity index (χ3n) is 5.76. The number of hydrogen-bond donors (Lipinski definition) is 2. The van der Waals surface area contributed by atoms with Gasteiger partial charge in [-0.05, 0) is 37.8 Å². The maximum atomic E-state index is 13.1. The van der Waals surface area contributed by atoms with Crippen molar-refractivity contribution in [2.24, 2.45) is 7.05 Å². The standard InChI is InChI=1S/C20H21N7O2/c1-26-16-10-22-15-7-6-14(11-8-23-19(21)24-9-11)25-17(15)18(16)27(20(26)29)12-2-4-13(28)5-3-12/h6-10,12-13,28H,2-5H2,1H3,(H2,21,23,24)/t12-,13-. The molecular formula is C20H21N7O2. The Labute approximate surface area is 165 Å². The number of anilines is 1. The number of aryl methyl sites for hydroxylation is 1. The van der Waals surface area contributed by atoms with Crippen molar-refractivity contribution < 1.29 is 5.11 Å². The van der Waals surface area contributed by atoms with Crippen LogP contribution in [-0.4, -0.2) is 40.3 Å². The molecule has 5 rings (SSSR count). The highest BCUT2D eigenvalue weighted by Gasteiger charge is 2.26. The van der Waals surface area contributed by atoms with Crippen LogP contribution in [-0.2, 0) is 7.05 Å². The lowest BCUT2D eigenvalue weighted by atomic mass is 9.93. The van der Waals surface area contributed by atoms with Gasteiger partial charge in [0, 0.05) is 31.0 Å². The van der Waals surface area contributed by atoms with E-state index in [1.165, 1.54) is 0 Å². The van der Waals surface area contributed by atoms with Crippen molar-refractivity contribution in [2.45, 2.75) is 37.8 Å². The van der Waals surface area contributed by atoms with Gasteiger partial charge in [0.25, 0.3) is 0 Å². The van der Waals surface area contributed by atoms with Crippen LogP contribution < -0.4 is 11.4 Å². The summed E-state index contributed by atoms with van der Waals surface area (Å²) in [5, 5.41) is 9.88. The Balaban J connectivity index is 1.76. The predicted molar refractivity (Wildman–Crippen MR) is 109 cm³/mol. The molecule has 29 heavy (non-hydrogen) atoms. The van der Waals surface area contributed by atoms with Gasteiger partial charge in [-0.15, -0.1) is 0 Å². The number of pyridine rings is 2. The zero-order valence-corrected chi connectivity index (χ0v) is 16.0. The molecule has 0 aromatic carbocycles. The summed E-state index contributed by atoms with van der Waals surface area (Å²) in [5.41, 5.74) is 9.84. The van der Waals surface area contributed by atoms with Crippen molar-refractivity contribution in [1.29, 1.82) is 0 Å². The Morgan fingerprint density at radius 2 is 1.79 bits per heavy atom. The van der Waals surface area contributed by atoms with Gasteiger partial charge in [-0.1, -0.05) is 0 Å². The molecule has 0 saturated heterocycles. The zero-order chi connectivity index (χ0) is 20.1. The number of aromatic nitrogens is 6. The number of nitrogens with two attached hydrogens (primary N) is 1. The third-order valence-corrected chi connectivity index (χ3v) is 5.76. The van der Waals surface area contributed by atoms with Crippen LogP contribution in [0.5, 0.6) is 0 Å². The van der Waals surface area contributed by atoms with Crippen molar-refractivity contribution >= 4 is 28.0 Å². The van der Waals surface area contributed by atoms with Crippen LogP contribution in [0, 0.1) is 0 Å². The van der Waals surface area contributed by atoms with Gasteiger partial charge in [-0.3, -0.25) is 14.1 Å². The summed E-state index contributed by atoms with van der Waals surface area (Å²) in [6.45, 7) is 0. The van der Waals surface area contributed by atoms with Crippen molar-refractivity contribution in [3.63, 3.8) is 0 Å². The monoisotopic (exact) mass is 391 g/mol. The predicted octanol–water partition coefficient (Wildman–Crippen LogP) is 1.80. The average Bonchev–Trinajstić information content (AvgIpc) is 3.00. The molecule has 1 saturated carbocycles. The van der Waals surface area contributed by atoms with E-state index in [1.807, 2.05) is 16.7 Å². The lowest BCUT2D eigenvalue weighted by Gasteiger charge is -2.26. The number of hydrogen-bond acceptors (Lipinski definition) is 7. The van der Waals surface area contributed by atoms with Gasteiger partial charge in [0.15, 0.2) is 0 Å². The summed E-state index contributed by atoms with van der Waals surface area (Å²) in [5.74, 6) is 0.204. The fourth-order valence-corrected chi connectivity index (χ4v) is 4.17. The van der Waals surface area contributed by atoms with E-state index in [4.69, 9.17) is 10.7 Å². The minimum absolute atomic E-state index is 0.0329. The van der Waals surface area contributed by atoms with Crippen LogP contribution in [0.1, 0.15) is 31.7 Å². The van der Waals surface area contributed by atoms with Crippen LogP contribution in [0.3, 0.4) is 0 Å². The van der Waals surface area contributed by atoms with Gasteiger partial charge in [0.1, 0.15) is 5.52 Å². The number of nitrogen functional groups attached to an aromatic ring is 1. The number of imidazole rings is 1. The minimum Gasteiger partial charge on any atom is -0.393 e. The molecule has 1 aliphatic carbocycles. The van der Waals surface area contributed by atoms with E-state index in [0.717, 1.165) is 29.4 Å². The van der Waals surface area contributed by atoms with Gasteiger partial charge in [-0.2, -0.15) is 0 Å². The van der Waals surface area contributed by atoms with Crippen LogP contribution in [0.25, 0.3) is 33.3 Å². The molecule has 9 nitrogen and oxygen atoms in total. The molecule has 1 fully saturated rings. The Bertz CT molecular complexity index is 1270. The first-order chi connectivity index (χ1) is 14.0. The van der Waals surface area contributed by atoms with E-state index in [1.54, 1.807) is 30.2 Å². The van der Waals surface area contributed by atoms with Crippen molar-refractivity contribution in [3.05, 3.63) is 41.2 Å². The number of rotatable bonds is 2. The molecular weight excluding hydrogens is 370 g/mol. The van der Waals surface area contributed by atoms with Crippen molar-refractivity contribution in [1.82, 2.24) is 29.1 Å². The molecule has 0 aliphatic heterocycles. The van der Waals surface area contributed by atoms with E-state index in [-0.39, 0.29) is 23.8 Å². The largest absolute Gasteiger partial charge is 0.393 e. The number of aliphatic hydroxyl groups is 1. The second-order valence-electron chi connectivity index (χ2n) is 7.56. The topological polar surface area (TPSA) is 125 Å². The second-order valence-corrected chi connectivity index (χ2v) is 7.56. The van der Waals surface area contributed by atoms with Crippen LogP contribution in [0.4, 0.5) is 5.95 Å². The minimum atomic E-state index is -0.286. The summed E-state index contributed by atoms with van der Waals surface area (Å²) in [4.78, 5) is 30.5. The van der Waals surface area contributed by atoms with Gasteiger partial charge in [0.05, 0.1) is 34.5 Å². The van der Waals surface area contributed by atoms with Crippen LogP contribution >= 0.6 is 0 Å². The molecule has 0 amide bonds. The summed E-state index contributed by atoms with van der Waals surface area (Å²) in [6.07, 6.45) is 7.60. The van der Waals surface area contributed by atoms with Crippen molar-refractivity contribution in [2.75, 3.05) is 5.73 Å². The molecule has 3 N–H and O–H groups in total. The number of nitrogens with zero attached hydrogens (tertiary/aromatic N) is 6. The van der Waals surface area contributed by atoms with Gasteiger partial charge < -0.3 is 10.8 Å². The smallest absolute Gasteiger partial charge is 0.329 e. The fraction of sp³-hybridized carbons (Fsp3) is 0.350. The van der Waals surface area contributed by atoms with Gasteiger partial charge in [0.2, 0.25) is 5.95 Å². The summed E-state index contributed by atoms with van der Waals surface area (Å²) >= 11 is 0. The highest BCUT2D eigenvalue weighted by molar-refractivity contribution is 6.00. The molecule has 4 heterocycles. The Morgan fingerprint density at radius 1 is 1.07 bits per heavy atom. The zero-order valence-electron chi connectivity index (χ0n) is 16.0. The van der Waals surface area contributed by atoms with Crippen LogP contribution in [0.15, 0.2) is 35.5 Å². The first-order valence-corrected chi connectivity index (χ1v) is 9.65. The first kappa shape index (κ1) is 17.7. The third kappa shape index (κ3) is 2.85. The fourth-order valence-electron chi connectivity index (χ4n) is 4.17. The van der Waals surface area contributed by atoms with E-state index >= 15 is 0 Å². The normalized spacial score (nSPS) is 19.8. The Morgan fingerprint density at radius 3 is 2.52 bits per heavy atom. The van der Waals surface area contributed by atoms with E-state index in [9.17, 15) is 9.90 Å². The average molecular weight is 391 g/mol. The summed E-state index contributed by atoms with van der Waals surface area (Å²) in [7, 11) is 1.75. The maximum Gasteiger partial charge on any atom is 0.329 e. The molecule has 9 heteroatoms. The quantitative estimate of drug-likeness (QED) is 0.534. The highest BCUT2D eigenvalue weighted by Crippen LogP contribution is 2.32. The van der Waals surface area contributed by atoms with E-state index in [0.29, 0.717) is 29.6 Å². The number of aliphatic hydroxyl groups excluding tert-OH is 1. The second kappa shape index (κ2) is 6.63. The molecule has 0 atom stereocenters. The molecule has 0 unspecified atom stereocenters. The Kier molecular flexibility index (Phi) is 4.06. The molecule has 4 aromatic rings. The Hall–Kier alpha value is -3.33. The maximum absolute atomic E-state index is 13.1. The molecule has 4 aromatic heterocycles. The molecule has 1 aliphatic rings. The lowest BCUT2D eigenvalue weighted by molar-refractivity contribution is 0.111. The van der Waals surface area contributed by atoms with E-state index in [2.05, 4.69) is 15.0 Å². The summed E-state index contributed by atoms with van der Waals surface area (Å²) < 4.78 is 3.45.